The molecule has 0 aliphatic carbocycles. The van der Waals surface area contributed by atoms with E-state index in [-0.39, 0.29) is 0 Å². The number of benzene rings is 3. The zero-order chi connectivity index (χ0) is 20.6. The lowest BCUT2D eigenvalue weighted by Gasteiger charge is -2.16. The van der Waals surface area contributed by atoms with Crippen LogP contribution in [0.3, 0.4) is 0 Å². The Balaban J connectivity index is 1.87. The zero-order valence-electron chi connectivity index (χ0n) is 16.2. The minimum absolute atomic E-state index is 0.450. The third-order valence-corrected chi connectivity index (χ3v) is 6.25. The van der Waals surface area contributed by atoms with E-state index in [0.717, 1.165) is 31.5 Å². The molecule has 0 saturated heterocycles. The van der Waals surface area contributed by atoms with Crippen LogP contribution in [0.2, 0.25) is 0 Å². The van der Waals surface area contributed by atoms with Gasteiger partial charge < -0.3 is 14.2 Å². The van der Waals surface area contributed by atoms with Crippen molar-refractivity contribution in [2.45, 2.75) is 13.5 Å². The molecule has 29 heavy (non-hydrogen) atoms. The molecule has 3 aromatic carbocycles. The second-order valence-corrected chi connectivity index (χ2v) is 7.67. The van der Waals surface area contributed by atoms with Gasteiger partial charge in [-0.15, -0.1) is 0 Å². The number of hydrogen-bond acceptors (Lipinski definition) is 4. The van der Waals surface area contributed by atoms with Crippen molar-refractivity contribution in [3.05, 3.63) is 80.7 Å². The highest BCUT2D eigenvalue weighted by Gasteiger charge is 2.17. The summed E-state index contributed by atoms with van der Waals surface area (Å²) in [5.74, 6) is 2.12. The predicted octanol–water partition coefficient (Wildman–Crippen LogP) is 6.95. The second kappa shape index (κ2) is 10.5. The maximum absolute atomic E-state index is 6.07. The SMILES string of the molecule is CCOc1cc(C=Nc2ccc(OC)cc2)c(Br)c(Br)c1OCc1ccccc1. The van der Waals surface area contributed by atoms with Crippen molar-refractivity contribution >= 4 is 43.8 Å². The first-order chi connectivity index (χ1) is 14.1. The standard InChI is InChI=1S/C23H21Br2NO3/c1-3-28-20-13-17(14-26-18-9-11-19(27-2)12-10-18)21(24)22(25)23(20)29-15-16-7-5-4-6-8-16/h4-14H,3,15H2,1-2H3. The molecule has 6 heteroatoms. The first-order valence-electron chi connectivity index (χ1n) is 9.12. The van der Waals surface area contributed by atoms with Gasteiger partial charge in [-0.05, 0) is 74.7 Å². The molecule has 4 nitrogen and oxygen atoms in total. The van der Waals surface area contributed by atoms with Crippen molar-refractivity contribution in [2.24, 2.45) is 4.99 Å². The maximum Gasteiger partial charge on any atom is 0.177 e. The average molecular weight is 519 g/mol. The van der Waals surface area contributed by atoms with Gasteiger partial charge >= 0.3 is 0 Å². The van der Waals surface area contributed by atoms with Crippen LogP contribution in [0.15, 0.2) is 74.6 Å². The molecule has 0 N–H and O–H groups in total. The van der Waals surface area contributed by atoms with Crippen LogP contribution in [-0.2, 0) is 6.61 Å². The van der Waals surface area contributed by atoms with Crippen LogP contribution < -0.4 is 14.2 Å². The van der Waals surface area contributed by atoms with Crippen LogP contribution in [0.1, 0.15) is 18.1 Å². The molecule has 0 spiro atoms. The molecule has 150 valence electrons. The molecule has 0 radical (unpaired) electrons. The summed E-state index contributed by atoms with van der Waals surface area (Å²) in [6.07, 6.45) is 1.79. The van der Waals surface area contributed by atoms with E-state index < -0.39 is 0 Å². The normalized spacial score (nSPS) is 10.9. The van der Waals surface area contributed by atoms with Crippen LogP contribution in [0.4, 0.5) is 5.69 Å². The van der Waals surface area contributed by atoms with E-state index in [0.29, 0.717) is 24.7 Å². The fourth-order valence-electron chi connectivity index (χ4n) is 2.64. The molecule has 0 aromatic heterocycles. The van der Waals surface area contributed by atoms with Gasteiger partial charge in [0.05, 0.1) is 23.9 Å². The Bertz CT molecular complexity index is 974. The number of halogens is 2. The fraction of sp³-hybridized carbons (Fsp3) is 0.174. The van der Waals surface area contributed by atoms with Gasteiger partial charge in [0, 0.05) is 16.3 Å². The average Bonchev–Trinajstić information content (AvgIpc) is 2.76. The summed E-state index contributed by atoms with van der Waals surface area (Å²) in [5, 5.41) is 0. The summed E-state index contributed by atoms with van der Waals surface area (Å²) in [5.41, 5.74) is 2.79. The monoisotopic (exact) mass is 517 g/mol. The molecule has 0 aliphatic heterocycles. The van der Waals surface area contributed by atoms with Crippen molar-refractivity contribution < 1.29 is 14.2 Å². The Morgan fingerprint density at radius 2 is 1.66 bits per heavy atom. The van der Waals surface area contributed by atoms with E-state index in [1.54, 1.807) is 13.3 Å². The van der Waals surface area contributed by atoms with Gasteiger partial charge in [0.15, 0.2) is 11.5 Å². The van der Waals surface area contributed by atoms with Crippen LogP contribution >= 0.6 is 31.9 Å². The number of nitrogens with zero attached hydrogens (tertiary/aromatic N) is 1. The lowest BCUT2D eigenvalue weighted by atomic mass is 10.2. The smallest absolute Gasteiger partial charge is 0.177 e. The number of methoxy groups -OCH3 is 1. The highest BCUT2D eigenvalue weighted by molar-refractivity contribution is 9.13. The molecule has 0 heterocycles. The van der Waals surface area contributed by atoms with Crippen LogP contribution in [-0.4, -0.2) is 19.9 Å². The topological polar surface area (TPSA) is 40.0 Å². The Labute approximate surface area is 187 Å². The highest BCUT2D eigenvalue weighted by atomic mass is 79.9. The quantitative estimate of drug-likeness (QED) is 0.303. The Hall–Kier alpha value is -2.31. The number of rotatable bonds is 8. The van der Waals surface area contributed by atoms with Gasteiger partial charge in [0.2, 0.25) is 0 Å². The first-order valence-corrected chi connectivity index (χ1v) is 10.7. The lowest BCUT2D eigenvalue weighted by molar-refractivity contribution is 0.267. The number of aliphatic imine (C=N–C) groups is 1. The first kappa shape index (κ1) is 21.4. The van der Waals surface area contributed by atoms with Crippen molar-refractivity contribution in [1.82, 2.24) is 0 Å². The second-order valence-electron chi connectivity index (χ2n) is 6.08. The third-order valence-electron chi connectivity index (χ3n) is 4.11. The Morgan fingerprint density at radius 3 is 2.31 bits per heavy atom. The van der Waals surface area contributed by atoms with Crippen LogP contribution in [0.25, 0.3) is 0 Å². The van der Waals surface area contributed by atoms with Gasteiger partial charge in [-0.3, -0.25) is 4.99 Å². The van der Waals surface area contributed by atoms with Crippen LogP contribution in [0, 0.1) is 0 Å². The van der Waals surface area contributed by atoms with Crippen molar-refractivity contribution in [1.29, 1.82) is 0 Å². The maximum atomic E-state index is 6.07. The molecule has 3 aromatic rings. The Kier molecular flexibility index (Phi) is 7.72. The highest BCUT2D eigenvalue weighted by Crippen LogP contribution is 2.43. The molecule has 0 bridgehead atoms. The zero-order valence-corrected chi connectivity index (χ0v) is 19.4. The van der Waals surface area contributed by atoms with E-state index in [9.17, 15) is 0 Å². The van der Waals surface area contributed by atoms with E-state index in [4.69, 9.17) is 14.2 Å². The largest absolute Gasteiger partial charge is 0.497 e. The molecule has 0 unspecified atom stereocenters. The summed E-state index contributed by atoms with van der Waals surface area (Å²) in [7, 11) is 1.64. The molecular weight excluding hydrogens is 498 g/mol. The predicted molar refractivity (Wildman–Crippen MR) is 124 cm³/mol. The molecule has 0 fully saturated rings. The molecular formula is C23H21Br2NO3. The van der Waals surface area contributed by atoms with Crippen molar-refractivity contribution in [3.8, 4) is 17.2 Å². The van der Waals surface area contributed by atoms with Gasteiger partial charge in [0.1, 0.15) is 12.4 Å². The van der Waals surface area contributed by atoms with Gasteiger partial charge in [-0.25, -0.2) is 0 Å². The summed E-state index contributed by atoms with van der Waals surface area (Å²) in [6, 6.07) is 19.5. The summed E-state index contributed by atoms with van der Waals surface area (Å²) in [6.45, 7) is 2.93. The van der Waals surface area contributed by atoms with Gasteiger partial charge in [0.25, 0.3) is 0 Å². The van der Waals surface area contributed by atoms with E-state index >= 15 is 0 Å². The van der Waals surface area contributed by atoms with Crippen molar-refractivity contribution in [3.63, 3.8) is 0 Å². The molecule has 0 saturated carbocycles. The minimum atomic E-state index is 0.450. The molecule has 0 amide bonds. The number of hydrogen-bond donors (Lipinski definition) is 0. The van der Waals surface area contributed by atoms with E-state index in [1.807, 2.05) is 67.6 Å². The fourth-order valence-corrected chi connectivity index (χ4v) is 3.57. The summed E-state index contributed by atoms with van der Waals surface area (Å²) in [4.78, 5) is 4.55. The van der Waals surface area contributed by atoms with Crippen LogP contribution in [0.5, 0.6) is 17.2 Å². The van der Waals surface area contributed by atoms with Gasteiger partial charge in [-0.2, -0.15) is 0 Å². The number of ether oxygens (including phenoxy) is 3. The van der Waals surface area contributed by atoms with Crippen molar-refractivity contribution in [2.75, 3.05) is 13.7 Å². The van der Waals surface area contributed by atoms with E-state index in [2.05, 4.69) is 36.9 Å². The third kappa shape index (κ3) is 5.61. The molecule has 0 atom stereocenters. The summed E-state index contributed by atoms with van der Waals surface area (Å²) < 4.78 is 18.7. The molecule has 3 rings (SSSR count). The lowest BCUT2D eigenvalue weighted by Crippen LogP contribution is -2.02. The summed E-state index contributed by atoms with van der Waals surface area (Å²) >= 11 is 7.29. The minimum Gasteiger partial charge on any atom is -0.497 e. The Morgan fingerprint density at radius 1 is 0.931 bits per heavy atom. The van der Waals surface area contributed by atoms with Gasteiger partial charge in [-0.1, -0.05) is 30.3 Å². The molecule has 0 aliphatic rings. The van der Waals surface area contributed by atoms with E-state index in [1.165, 1.54) is 0 Å².